The number of hydrogen-bond donors (Lipinski definition) is 2. The molecule has 2 aromatic rings. The van der Waals surface area contributed by atoms with Crippen molar-refractivity contribution in [2.75, 3.05) is 0 Å². The summed E-state index contributed by atoms with van der Waals surface area (Å²) >= 11 is 3.36. The van der Waals surface area contributed by atoms with Crippen molar-refractivity contribution in [3.63, 3.8) is 0 Å². The fourth-order valence-corrected chi connectivity index (χ4v) is 2.44. The van der Waals surface area contributed by atoms with Gasteiger partial charge in [-0.1, -0.05) is 64.5 Å². The fraction of sp³-hybridized carbons (Fsp3) is 0.176. The molecule has 5 nitrogen and oxygen atoms in total. The van der Waals surface area contributed by atoms with Gasteiger partial charge in [-0.15, -0.1) is 0 Å². The predicted molar refractivity (Wildman–Crippen MR) is 89.0 cm³/mol. The SMILES string of the molecule is O=C(N[C@H](Cc1ccccc1Br)C(=O)O)OCc1ccccc1. The van der Waals surface area contributed by atoms with Gasteiger partial charge in [-0.05, 0) is 17.2 Å². The van der Waals surface area contributed by atoms with Crippen molar-refractivity contribution < 1.29 is 19.4 Å². The van der Waals surface area contributed by atoms with Crippen molar-refractivity contribution in [1.29, 1.82) is 0 Å². The molecule has 0 aromatic heterocycles. The minimum absolute atomic E-state index is 0.0913. The van der Waals surface area contributed by atoms with Gasteiger partial charge < -0.3 is 15.2 Å². The third-order valence-corrected chi connectivity index (χ3v) is 3.96. The summed E-state index contributed by atoms with van der Waals surface area (Å²) in [4.78, 5) is 23.1. The van der Waals surface area contributed by atoms with Gasteiger partial charge in [0.1, 0.15) is 12.6 Å². The van der Waals surface area contributed by atoms with Crippen molar-refractivity contribution in [3.05, 3.63) is 70.2 Å². The first-order chi connectivity index (χ1) is 11.1. The highest BCUT2D eigenvalue weighted by Crippen LogP contribution is 2.17. The zero-order valence-electron chi connectivity index (χ0n) is 12.2. The van der Waals surface area contributed by atoms with Gasteiger partial charge in [0.05, 0.1) is 0 Å². The molecule has 0 radical (unpaired) electrons. The highest BCUT2D eigenvalue weighted by molar-refractivity contribution is 9.10. The smallest absolute Gasteiger partial charge is 0.408 e. The van der Waals surface area contributed by atoms with E-state index in [0.29, 0.717) is 0 Å². The maximum Gasteiger partial charge on any atom is 0.408 e. The monoisotopic (exact) mass is 377 g/mol. The lowest BCUT2D eigenvalue weighted by Crippen LogP contribution is -2.42. The van der Waals surface area contributed by atoms with Crippen LogP contribution in [0.3, 0.4) is 0 Å². The van der Waals surface area contributed by atoms with Gasteiger partial charge in [-0.3, -0.25) is 0 Å². The maximum atomic E-state index is 11.8. The first-order valence-electron chi connectivity index (χ1n) is 6.99. The Labute approximate surface area is 142 Å². The molecule has 0 bridgehead atoms. The Hall–Kier alpha value is -2.34. The second kappa shape index (κ2) is 8.33. The zero-order valence-corrected chi connectivity index (χ0v) is 13.8. The predicted octanol–water partition coefficient (Wildman–Crippen LogP) is 3.37. The van der Waals surface area contributed by atoms with Crippen LogP contribution in [0, 0.1) is 0 Å². The number of carbonyl (C=O) groups is 2. The third kappa shape index (κ3) is 5.41. The molecule has 0 heterocycles. The van der Waals surface area contributed by atoms with Crippen LogP contribution < -0.4 is 5.32 Å². The van der Waals surface area contributed by atoms with Crippen LogP contribution in [0.5, 0.6) is 0 Å². The van der Waals surface area contributed by atoms with Crippen molar-refractivity contribution >= 4 is 28.0 Å². The van der Waals surface area contributed by atoms with Crippen LogP contribution in [0.25, 0.3) is 0 Å². The van der Waals surface area contributed by atoms with Crippen LogP contribution in [0.2, 0.25) is 0 Å². The summed E-state index contributed by atoms with van der Waals surface area (Å²) in [6.45, 7) is 0.0913. The topological polar surface area (TPSA) is 75.6 Å². The van der Waals surface area contributed by atoms with Crippen LogP contribution in [0.15, 0.2) is 59.1 Å². The number of hydrogen-bond acceptors (Lipinski definition) is 3. The highest BCUT2D eigenvalue weighted by atomic mass is 79.9. The van der Waals surface area contributed by atoms with Crippen LogP contribution in [-0.4, -0.2) is 23.2 Å². The number of halogens is 1. The molecular formula is C17H16BrNO4. The van der Waals surface area contributed by atoms with E-state index in [9.17, 15) is 14.7 Å². The number of carboxylic acid groups (broad SMARTS) is 1. The van der Waals surface area contributed by atoms with Crippen molar-refractivity contribution in [1.82, 2.24) is 5.32 Å². The van der Waals surface area contributed by atoms with Gasteiger partial charge in [0, 0.05) is 10.9 Å². The summed E-state index contributed by atoms with van der Waals surface area (Å²) in [6, 6.07) is 15.4. The number of alkyl carbamates (subject to hydrolysis) is 1. The second-order valence-corrected chi connectivity index (χ2v) is 5.75. The van der Waals surface area contributed by atoms with E-state index in [4.69, 9.17) is 4.74 Å². The van der Waals surface area contributed by atoms with Crippen molar-refractivity contribution in [3.8, 4) is 0 Å². The van der Waals surface area contributed by atoms with E-state index in [0.717, 1.165) is 15.6 Å². The number of benzene rings is 2. The molecule has 0 aliphatic carbocycles. The minimum atomic E-state index is -1.11. The average molecular weight is 378 g/mol. The van der Waals surface area contributed by atoms with E-state index < -0.39 is 18.1 Å². The van der Waals surface area contributed by atoms with E-state index in [1.807, 2.05) is 48.5 Å². The Kier molecular flexibility index (Phi) is 6.17. The standard InChI is InChI=1S/C17H16BrNO4/c18-14-9-5-4-8-13(14)10-15(16(20)21)19-17(22)23-11-12-6-2-1-3-7-12/h1-9,15H,10-11H2,(H,19,22)(H,20,21)/t15-/m1/s1. The molecule has 0 saturated heterocycles. The molecular weight excluding hydrogens is 362 g/mol. The van der Waals surface area contributed by atoms with Gasteiger partial charge in [0.25, 0.3) is 0 Å². The number of carboxylic acids is 1. The van der Waals surface area contributed by atoms with E-state index in [1.54, 1.807) is 6.07 Å². The summed E-state index contributed by atoms with van der Waals surface area (Å²) in [5.74, 6) is -1.11. The molecule has 2 aromatic carbocycles. The summed E-state index contributed by atoms with van der Waals surface area (Å²) in [5.41, 5.74) is 1.63. The lowest BCUT2D eigenvalue weighted by Gasteiger charge is -2.15. The lowest BCUT2D eigenvalue weighted by molar-refractivity contribution is -0.139. The Morgan fingerprint density at radius 1 is 1.09 bits per heavy atom. The minimum Gasteiger partial charge on any atom is -0.480 e. The first kappa shape index (κ1) is 17.0. The number of aliphatic carboxylic acids is 1. The van der Waals surface area contributed by atoms with Crippen LogP contribution in [-0.2, 0) is 22.6 Å². The lowest BCUT2D eigenvalue weighted by atomic mass is 10.1. The molecule has 1 amide bonds. The zero-order chi connectivity index (χ0) is 16.7. The van der Waals surface area contributed by atoms with E-state index in [1.165, 1.54) is 0 Å². The molecule has 2 rings (SSSR count). The number of carbonyl (C=O) groups excluding carboxylic acids is 1. The van der Waals surface area contributed by atoms with Gasteiger partial charge in [-0.2, -0.15) is 0 Å². The van der Waals surface area contributed by atoms with Gasteiger partial charge in [0.15, 0.2) is 0 Å². The third-order valence-electron chi connectivity index (χ3n) is 3.18. The second-order valence-electron chi connectivity index (χ2n) is 4.89. The summed E-state index contributed by atoms with van der Waals surface area (Å²) in [7, 11) is 0. The molecule has 0 unspecified atom stereocenters. The van der Waals surface area contributed by atoms with E-state index >= 15 is 0 Å². The fourth-order valence-electron chi connectivity index (χ4n) is 1.99. The number of nitrogens with one attached hydrogen (secondary N) is 1. The molecule has 120 valence electrons. The average Bonchev–Trinajstić information content (AvgIpc) is 2.55. The van der Waals surface area contributed by atoms with Gasteiger partial charge in [-0.25, -0.2) is 9.59 Å². The van der Waals surface area contributed by atoms with Crippen LogP contribution in [0.1, 0.15) is 11.1 Å². The molecule has 0 spiro atoms. The van der Waals surface area contributed by atoms with E-state index in [2.05, 4.69) is 21.2 Å². The number of amides is 1. The molecule has 1 atom stereocenters. The Bertz CT molecular complexity index is 675. The molecule has 6 heteroatoms. The Morgan fingerprint density at radius 2 is 1.74 bits per heavy atom. The first-order valence-corrected chi connectivity index (χ1v) is 7.79. The van der Waals surface area contributed by atoms with E-state index in [-0.39, 0.29) is 13.0 Å². The molecule has 0 fully saturated rings. The van der Waals surface area contributed by atoms with Gasteiger partial charge >= 0.3 is 12.1 Å². The molecule has 0 aliphatic heterocycles. The Balaban J connectivity index is 1.92. The normalized spacial score (nSPS) is 11.5. The van der Waals surface area contributed by atoms with Crippen molar-refractivity contribution in [2.24, 2.45) is 0 Å². The summed E-state index contributed by atoms with van der Waals surface area (Å²) in [5, 5.41) is 11.7. The van der Waals surface area contributed by atoms with Crippen molar-refractivity contribution in [2.45, 2.75) is 19.1 Å². The maximum absolute atomic E-state index is 11.8. The molecule has 23 heavy (non-hydrogen) atoms. The number of rotatable bonds is 6. The summed E-state index contributed by atoms with van der Waals surface area (Å²) in [6.07, 6.45) is -0.592. The van der Waals surface area contributed by atoms with Gasteiger partial charge in [0.2, 0.25) is 0 Å². The number of ether oxygens (including phenoxy) is 1. The largest absolute Gasteiger partial charge is 0.480 e. The highest BCUT2D eigenvalue weighted by Gasteiger charge is 2.22. The molecule has 0 aliphatic rings. The Morgan fingerprint density at radius 3 is 2.39 bits per heavy atom. The van der Waals surface area contributed by atoms with Crippen LogP contribution >= 0.6 is 15.9 Å². The van der Waals surface area contributed by atoms with Crippen LogP contribution in [0.4, 0.5) is 4.79 Å². The quantitative estimate of drug-likeness (QED) is 0.808. The molecule has 2 N–H and O–H groups in total. The summed E-state index contributed by atoms with van der Waals surface area (Å²) < 4.78 is 5.85. The molecule has 0 saturated carbocycles.